The quantitative estimate of drug-likeness (QED) is 0.706. The smallest absolute Gasteiger partial charge is 0.311 e. The predicted octanol–water partition coefficient (Wildman–Crippen LogP) is 4.18. The second-order valence-corrected chi connectivity index (χ2v) is 7.39. The van der Waals surface area contributed by atoms with Gasteiger partial charge in [0.15, 0.2) is 6.61 Å². The number of nitrogens with zero attached hydrogens (tertiary/aromatic N) is 1. The van der Waals surface area contributed by atoms with Crippen LogP contribution in [0.4, 0.5) is 11.4 Å². The van der Waals surface area contributed by atoms with Gasteiger partial charge in [-0.2, -0.15) is 0 Å². The van der Waals surface area contributed by atoms with Crippen LogP contribution in [0.25, 0.3) is 0 Å². The van der Waals surface area contributed by atoms with Crippen LogP contribution in [0.3, 0.4) is 0 Å². The van der Waals surface area contributed by atoms with Crippen molar-refractivity contribution in [3.8, 4) is 0 Å². The van der Waals surface area contributed by atoms with Crippen molar-refractivity contribution >= 4 is 64.0 Å². The van der Waals surface area contributed by atoms with E-state index in [-0.39, 0.29) is 18.9 Å². The van der Waals surface area contributed by atoms with Crippen molar-refractivity contribution in [3.05, 3.63) is 57.5 Å². The maximum atomic E-state index is 12.3. The fourth-order valence-electron chi connectivity index (χ4n) is 2.79. The SMILES string of the molecule is O=C(COC(=O)[C@H]1CC(=O)N(c2cc(Cl)ccc2Cl)C1)Nc1ccccc1Cl. The largest absolute Gasteiger partial charge is 0.455 e. The summed E-state index contributed by atoms with van der Waals surface area (Å²) < 4.78 is 5.05. The Morgan fingerprint density at radius 2 is 1.86 bits per heavy atom. The summed E-state index contributed by atoms with van der Waals surface area (Å²) in [5, 5.41) is 3.71. The van der Waals surface area contributed by atoms with Crippen LogP contribution in [0.2, 0.25) is 15.1 Å². The van der Waals surface area contributed by atoms with Crippen molar-refractivity contribution in [1.29, 1.82) is 0 Å². The molecule has 1 heterocycles. The lowest BCUT2D eigenvalue weighted by molar-refractivity contribution is -0.151. The molecule has 1 fully saturated rings. The van der Waals surface area contributed by atoms with E-state index >= 15 is 0 Å². The predicted molar refractivity (Wildman–Crippen MR) is 108 cm³/mol. The summed E-state index contributed by atoms with van der Waals surface area (Å²) >= 11 is 18.1. The molecule has 0 aliphatic carbocycles. The number of amides is 2. The minimum Gasteiger partial charge on any atom is -0.455 e. The van der Waals surface area contributed by atoms with Crippen LogP contribution < -0.4 is 10.2 Å². The van der Waals surface area contributed by atoms with Gasteiger partial charge in [0.1, 0.15) is 0 Å². The van der Waals surface area contributed by atoms with E-state index in [1.165, 1.54) is 4.90 Å². The number of anilines is 2. The lowest BCUT2D eigenvalue weighted by Gasteiger charge is -2.18. The fraction of sp³-hybridized carbons (Fsp3) is 0.211. The monoisotopic (exact) mass is 440 g/mol. The molecule has 1 N–H and O–H groups in total. The number of halogens is 3. The van der Waals surface area contributed by atoms with Crippen molar-refractivity contribution in [2.24, 2.45) is 5.92 Å². The molecule has 1 aliphatic heterocycles. The van der Waals surface area contributed by atoms with E-state index in [9.17, 15) is 14.4 Å². The average molecular weight is 442 g/mol. The molecular formula is C19H15Cl3N2O4. The van der Waals surface area contributed by atoms with E-state index in [0.717, 1.165) is 0 Å². The zero-order chi connectivity index (χ0) is 20.3. The first kappa shape index (κ1) is 20.5. The van der Waals surface area contributed by atoms with Gasteiger partial charge in [0.05, 0.1) is 27.3 Å². The van der Waals surface area contributed by atoms with Crippen molar-refractivity contribution in [2.45, 2.75) is 6.42 Å². The molecule has 2 aromatic rings. The van der Waals surface area contributed by atoms with Gasteiger partial charge in [0.25, 0.3) is 5.91 Å². The van der Waals surface area contributed by atoms with E-state index in [1.54, 1.807) is 42.5 Å². The number of carbonyl (C=O) groups excluding carboxylic acids is 3. The van der Waals surface area contributed by atoms with E-state index in [4.69, 9.17) is 39.5 Å². The molecule has 146 valence electrons. The Bertz CT molecular complexity index is 935. The van der Waals surface area contributed by atoms with Gasteiger partial charge >= 0.3 is 5.97 Å². The molecule has 0 spiro atoms. The number of ether oxygens (including phenoxy) is 1. The number of hydrogen-bond acceptors (Lipinski definition) is 4. The molecular weight excluding hydrogens is 427 g/mol. The zero-order valence-corrected chi connectivity index (χ0v) is 16.7. The van der Waals surface area contributed by atoms with Gasteiger partial charge in [0.2, 0.25) is 5.91 Å². The summed E-state index contributed by atoms with van der Waals surface area (Å²) in [6.07, 6.45) is -0.0339. The van der Waals surface area contributed by atoms with Gasteiger partial charge in [-0.25, -0.2) is 0 Å². The highest BCUT2D eigenvalue weighted by Gasteiger charge is 2.37. The third-order valence-corrected chi connectivity index (χ3v) is 5.04. The van der Waals surface area contributed by atoms with E-state index in [1.807, 2.05) is 0 Å². The van der Waals surface area contributed by atoms with Crippen LogP contribution in [0, 0.1) is 5.92 Å². The molecule has 9 heteroatoms. The van der Waals surface area contributed by atoms with Crippen LogP contribution in [0.1, 0.15) is 6.42 Å². The molecule has 2 amide bonds. The number of nitrogens with one attached hydrogen (secondary N) is 1. The highest BCUT2D eigenvalue weighted by atomic mass is 35.5. The summed E-state index contributed by atoms with van der Waals surface area (Å²) in [7, 11) is 0. The molecule has 6 nitrogen and oxygen atoms in total. The fourth-order valence-corrected chi connectivity index (χ4v) is 3.36. The molecule has 0 saturated carbocycles. The number of para-hydroxylation sites is 1. The van der Waals surface area contributed by atoms with Crippen LogP contribution in [-0.2, 0) is 19.1 Å². The minimum absolute atomic E-state index is 0.0339. The number of hydrogen-bond donors (Lipinski definition) is 1. The summed E-state index contributed by atoms with van der Waals surface area (Å²) in [5.41, 5.74) is 0.856. The number of esters is 1. The third kappa shape index (κ3) is 4.76. The summed E-state index contributed by atoms with van der Waals surface area (Å²) in [5.74, 6) is -2.13. The molecule has 28 heavy (non-hydrogen) atoms. The summed E-state index contributed by atoms with van der Waals surface area (Å²) in [6, 6.07) is 11.5. The van der Waals surface area contributed by atoms with Crippen LogP contribution >= 0.6 is 34.8 Å². The molecule has 1 aliphatic rings. The van der Waals surface area contributed by atoms with Gasteiger partial charge in [-0.15, -0.1) is 0 Å². The number of carbonyl (C=O) groups is 3. The Labute approximate surface area is 176 Å². The first-order chi connectivity index (χ1) is 13.3. The standard InChI is InChI=1S/C19H15Cl3N2O4/c20-12-5-6-14(22)16(8-12)24-9-11(7-18(24)26)19(27)28-10-17(25)23-15-4-2-1-3-13(15)21/h1-6,8,11H,7,9-10H2,(H,23,25)/t11-/m0/s1. The highest BCUT2D eigenvalue weighted by Crippen LogP contribution is 2.33. The third-order valence-electron chi connectivity index (χ3n) is 4.15. The summed E-state index contributed by atoms with van der Waals surface area (Å²) in [6.45, 7) is -0.378. The molecule has 0 bridgehead atoms. The van der Waals surface area contributed by atoms with Crippen LogP contribution in [0.15, 0.2) is 42.5 Å². The Morgan fingerprint density at radius 1 is 1.11 bits per heavy atom. The molecule has 3 rings (SSSR count). The lowest BCUT2D eigenvalue weighted by Crippen LogP contribution is -2.28. The van der Waals surface area contributed by atoms with Crippen LogP contribution in [0.5, 0.6) is 0 Å². The van der Waals surface area contributed by atoms with Crippen LogP contribution in [-0.4, -0.2) is 30.9 Å². The second kappa shape index (κ2) is 8.82. The van der Waals surface area contributed by atoms with E-state index in [2.05, 4.69) is 5.32 Å². The first-order valence-corrected chi connectivity index (χ1v) is 9.45. The molecule has 1 atom stereocenters. The molecule has 1 saturated heterocycles. The Morgan fingerprint density at radius 3 is 2.61 bits per heavy atom. The van der Waals surface area contributed by atoms with Crippen molar-refractivity contribution < 1.29 is 19.1 Å². The van der Waals surface area contributed by atoms with Gasteiger partial charge in [-0.05, 0) is 30.3 Å². The molecule has 0 aromatic heterocycles. The number of benzene rings is 2. The normalized spacial score (nSPS) is 16.2. The lowest BCUT2D eigenvalue weighted by atomic mass is 10.1. The van der Waals surface area contributed by atoms with Crippen molar-refractivity contribution in [1.82, 2.24) is 0 Å². The van der Waals surface area contributed by atoms with Crippen molar-refractivity contribution in [3.63, 3.8) is 0 Å². The van der Waals surface area contributed by atoms with Gasteiger partial charge in [-0.1, -0.05) is 46.9 Å². The number of rotatable bonds is 5. The molecule has 0 radical (unpaired) electrons. The average Bonchev–Trinajstić information content (AvgIpc) is 3.05. The van der Waals surface area contributed by atoms with E-state index in [0.29, 0.717) is 26.4 Å². The topological polar surface area (TPSA) is 75.7 Å². The minimum atomic E-state index is -0.698. The van der Waals surface area contributed by atoms with E-state index < -0.39 is 24.4 Å². The maximum absolute atomic E-state index is 12.3. The zero-order valence-electron chi connectivity index (χ0n) is 14.5. The highest BCUT2D eigenvalue weighted by molar-refractivity contribution is 6.36. The molecule has 0 unspecified atom stereocenters. The Hall–Kier alpha value is -2.28. The summed E-state index contributed by atoms with van der Waals surface area (Å²) in [4.78, 5) is 37.9. The first-order valence-electron chi connectivity index (χ1n) is 8.31. The molecule has 2 aromatic carbocycles. The van der Waals surface area contributed by atoms with Gasteiger partial charge in [0, 0.05) is 18.0 Å². The maximum Gasteiger partial charge on any atom is 0.311 e. The van der Waals surface area contributed by atoms with Gasteiger partial charge < -0.3 is 15.0 Å². The second-order valence-electron chi connectivity index (χ2n) is 6.14. The van der Waals surface area contributed by atoms with Gasteiger partial charge in [-0.3, -0.25) is 14.4 Å². The Balaban J connectivity index is 1.57. The van der Waals surface area contributed by atoms with Crippen molar-refractivity contribution in [2.75, 3.05) is 23.4 Å². The Kier molecular flexibility index (Phi) is 6.44.